The Labute approximate surface area is 177 Å². The highest BCUT2D eigenvalue weighted by molar-refractivity contribution is 5.88. The summed E-state index contributed by atoms with van der Waals surface area (Å²) >= 11 is 0. The van der Waals surface area contributed by atoms with Crippen molar-refractivity contribution >= 4 is 21.5 Å². The van der Waals surface area contributed by atoms with Crippen LogP contribution in [0.1, 0.15) is 11.1 Å². The first-order valence-electron chi connectivity index (χ1n) is 10.3. The molecule has 4 aromatic carbocycles. The smallest absolute Gasteiger partial charge is 0.119 e. The Balaban J connectivity index is 1.43. The number of rotatable bonds is 8. The molecule has 4 nitrogen and oxygen atoms in total. The predicted molar refractivity (Wildman–Crippen MR) is 124 cm³/mol. The summed E-state index contributed by atoms with van der Waals surface area (Å²) < 4.78 is 10.8. The first-order valence-corrected chi connectivity index (χ1v) is 10.3. The van der Waals surface area contributed by atoms with E-state index < -0.39 is 0 Å². The minimum absolute atomic E-state index is 0.119. The second-order valence-corrected chi connectivity index (χ2v) is 7.52. The zero-order valence-electron chi connectivity index (χ0n) is 17.5. The number of hydrogen-bond acceptors (Lipinski definition) is 4. The van der Waals surface area contributed by atoms with Crippen LogP contribution in [0.2, 0.25) is 0 Å². The molecule has 0 bridgehead atoms. The lowest BCUT2D eigenvalue weighted by molar-refractivity contribution is 0.415. The highest BCUT2D eigenvalue weighted by atomic mass is 16.5. The molecule has 0 spiro atoms. The predicted octanol–water partition coefficient (Wildman–Crippen LogP) is 4.67. The minimum atomic E-state index is -0.119. The Bertz CT molecular complexity index is 1160. The summed E-state index contributed by atoms with van der Waals surface area (Å²) in [4.78, 5) is 0. The molecule has 3 N–H and O–H groups in total. The van der Waals surface area contributed by atoms with Crippen LogP contribution >= 0.6 is 0 Å². The maximum Gasteiger partial charge on any atom is 0.119 e. The molecule has 30 heavy (non-hydrogen) atoms. The van der Waals surface area contributed by atoms with E-state index in [1.54, 1.807) is 14.2 Å². The van der Waals surface area contributed by atoms with Crippen LogP contribution in [0, 0.1) is 0 Å². The van der Waals surface area contributed by atoms with Gasteiger partial charge in [0.15, 0.2) is 0 Å². The van der Waals surface area contributed by atoms with E-state index in [0.29, 0.717) is 0 Å². The van der Waals surface area contributed by atoms with E-state index in [4.69, 9.17) is 15.2 Å². The zero-order valence-corrected chi connectivity index (χ0v) is 17.5. The molecular formula is C26H28N2O2. The first-order chi connectivity index (χ1) is 14.7. The maximum absolute atomic E-state index is 6.43. The van der Waals surface area contributed by atoms with Gasteiger partial charge >= 0.3 is 0 Å². The van der Waals surface area contributed by atoms with Gasteiger partial charge in [0.05, 0.1) is 20.4 Å². The van der Waals surface area contributed by atoms with E-state index in [-0.39, 0.29) is 6.17 Å². The molecule has 4 aromatic rings. The van der Waals surface area contributed by atoms with Gasteiger partial charge in [0, 0.05) is 13.0 Å². The van der Waals surface area contributed by atoms with Gasteiger partial charge in [0.25, 0.3) is 0 Å². The number of fused-ring (bicyclic) bond motifs is 2. The Morgan fingerprint density at radius 2 is 1.33 bits per heavy atom. The zero-order chi connectivity index (χ0) is 20.9. The molecule has 1 atom stereocenters. The van der Waals surface area contributed by atoms with Gasteiger partial charge in [-0.25, -0.2) is 0 Å². The van der Waals surface area contributed by atoms with E-state index in [0.717, 1.165) is 30.9 Å². The second-order valence-electron chi connectivity index (χ2n) is 7.52. The van der Waals surface area contributed by atoms with Crippen LogP contribution in [0.15, 0.2) is 72.8 Å². The van der Waals surface area contributed by atoms with Crippen LogP contribution in [0.3, 0.4) is 0 Å². The third-order valence-electron chi connectivity index (χ3n) is 5.60. The molecule has 0 radical (unpaired) electrons. The maximum atomic E-state index is 6.43. The van der Waals surface area contributed by atoms with Crippen molar-refractivity contribution in [2.24, 2.45) is 5.73 Å². The molecule has 0 aliphatic heterocycles. The van der Waals surface area contributed by atoms with Crippen molar-refractivity contribution in [1.82, 2.24) is 5.32 Å². The molecule has 0 amide bonds. The van der Waals surface area contributed by atoms with E-state index in [2.05, 4.69) is 66.0 Å². The van der Waals surface area contributed by atoms with E-state index in [9.17, 15) is 0 Å². The second kappa shape index (κ2) is 9.16. The number of ether oxygens (including phenoxy) is 2. The number of nitrogens with one attached hydrogen (secondary N) is 1. The molecule has 0 saturated heterocycles. The van der Waals surface area contributed by atoms with Crippen LogP contribution in [0.5, 0.6) is 11.5 Å². The Morgan fingerprint density at radius 3 is 1.93 bits per heavy atom. The number of benzene rings is 4. The number of nitrogens with two attached hydrogens (primary N) is 1. The average molecular weight is 401 g/mol. The SMILES string of the molecule is COc1ccc2cccc(CCNC(N)Cc3cccc4ccc(OC)cc34)c2c1. The molecule has 0 aromatic heterocycles. The summed E-state index contributed by atoms with van der Waals surface area (Å²) in [6.45, 7) is 0.811. The minimum Gasteiger partial charge on any atom is -0.497 e. The van der Waals surface area contributed by atoms with Crippen molar-refractivity contribution in [3.8, 4) is 11.5 Å². The van der Waals surface area contributed by atoms with Crippen LogP contribution in [-0.4, -0.2) is 26.9 Å². The van der Waals surface area contributed by atoms with Gasteiger partial charge in [-0.05, 0) is 63.4 Å². The molecule has 154 valence electrons. The summed E-state index contributed by atoms with van der Waals surface area (Å²) in [6, 6.07) is 25.1. The molecule has 1 unspecified atom stereocenters. The quantitative estimate of drug-likeness (QED) is 0.422. The first kappa shape index (κ1) is 20.2. The standard InChI is InChI=1S/C26H28N2O2/c1-29-22-11-9-18-5-3-7-20(24(18)16-22)13-14-28-26(27)15-21-8-4-6-19-10-12-23(30-2)17-25(19)21/h3-12,16-17,26,28H,13-15,27H2,1-2H3. The lowest BCUT2D eigenvalue weighted by Crippen LogP contribution is -2.40. The van der Waals surface area contributed by atoms with Gasteiger partial charge in [-0.1, -0.05) is 48.5 Å². The van der Waals surface area contributed by atoms with Crippen molar-refractivity contribution in [2.75, 3.05) is 20.8 Å². The molecule has 0 fully saturated rings. The molecule has 0 aliphatic rings. The molecule has 0 aliphatic carbocycles. The van der Waals surface area contributed by atoms with Crippen molar-refractivity contribution < 1.29 is 9.47 Å². The highest BCUT2D eigenvalue weighted by Gasteiger charge is 2.09. The fourth-order valence-corrected chi connectivity index (χ4v) is 3.98. The van der Waals surface area contributed by atoms with E-state index in [1.165, 1.54) is 32.7 Å². The van der Waals surface area contributed by atoms with Crippen molar-refractivity contribution in [3.05, 3.63) is 83.9 Å². The molecule has 4 heteroatoms. The van der Waals surface area contributed by atoms with Gasteiger partial charge in [-0.3, -0.25) is 0 Å². The van der Waals surface area contributed by atoms with Gasteiger partial charge < -0.3 is 20.5 Å². The third-order valence-corrected chi connectivity index (χ3v) is 5.60. The Morgan fingerprint density at radius 1 is 0.767 bits per heavy atom. The summed E-state index contributed by atoms with van der Waals surface area (Å²) in [6.07, 6.45) is 1.54. The largest absolute Gasteiger partial charge is 0.497 e. The van der Waals surface area contributed by atoms with Crippen molar-refractivity contribution in [2.45, 2.75) is 19.0 Å². The summed E-state index contributed by atoms with van der Waals surface area (Å²) in [7, 11) is 3.40. The average Bonchev–Trinajstić information content (AvgIpc) is 2.78. The third kappa shape index (κ3) is 4.40. The molecular weight excluding hydrogens is 372 g/mol. The van der Waals surface area contributed by atoms with Crippen molar-refractivity contribution in [3.63, 3.8) is 0 Å². The van der Waals surface area contributed by atoms with Crippen LogP contribution < -0.4 is 20.5 Å². The molecule has 0 heterocycles. The Hall–Kier alpha value is -3.08. The normalized spacial score (nSPS) is 12.2. The monoisotopic (exact) mass is 400 g/mol. The van der Waals surface area contributed by atoms with Gasteiger partial charge in [0.1, 0.15) is 11.5 Å². The fraction of sp³-hybridized carbons (Fsp3) is 0.231. The lowest BCUT2D eigenvalue weighted by Gasteiger charge is -2.16. The number of hydrogen-bond donors (Lipinski definition) is 2. The molecule has 0 saturated carbocycles. The Kier molecular flexibility index (Phi) is 6.17. The summed E-state index contributed by atoms with van der Waals surface area (Å²) in [5, 5.41) is 8.33. The van der Waals surface area contributed by atoms with Crippen LogP contribution in [-0.2, 0) is 12.8 Å². The fourth-order valence-electron chi connectivity index (χ4n) is 3.98. The lowest BCUT2D eigenvalue weighted by atomic mass is 10.0. The van der Waals surface area contributed by atoms with E-state index >= 15 is 0 Å². The van der Waals surface area contributed by atoms with E-state index in [1.807, 2.05) is 12.1 Å². The van der Waals surface area contributed by atoms with Crippen LogP contribution in [0.4, 0.5) is 0 Å². The topological polar surface area (TPSA) is 56.5 Å². The van der Waals surface area contributed by atoms with Crippen molar-refractivity contribution in [1.29, 1.82) is 0 Å². The van der Waals surface area contributed by atoms with Gasteiger partial charge in [-0.2, -0.15) is 0 Å². The summed E-state index contributed by atoms with van der Waals surface area (Å²) in [5.74, 6) is 1.74. The number of methoxy groups -OCH3 is 2. The van der Waals surface area contributed by atoms with Crippen LogP contribution in [0.25, 0.3) is 21.5 Å². The van der Waals surface area contributed by atoms with Gasteiger partial charge in [0.2, 0.25) is 0 Å². The highest BCUT2D eigenvalue weighted by Crippen LogP contribution is 2.26. The van der Waals surface area contributed by atoms with Gasteiger partial charge in [-0.15, -0.1) is 0 Å². The molecule has 4 rings (SSSR count). The summed E-state index contributed by atoms with van der Waals surface area (Å²) in [5.41, 5.74) is 8.94.